The molecule has 0 aliphatic carbocycles. The predicted octanol–water partition coefficient (Wildman–Crippen LogP) is 2.65. The quantitative estimate of drug-likeness (QED) is 0.583. The van der Waals surface area contributed by atoms with Gasteiger partial charge < -0.3 is 24.4 Å². The fourth-order valence-electron chi connectivity index (χ4n) is 3.13. The molecule has 1 atom stereocenters. The Morgan fingerprint density at radius 3 is 1.80 bits per heavy atom. The van der Waals surface area contributed by atoms with Crippen LogP contribution in [0.1, 0.15) is 51.9 Å². The van der Waals surface area contributed by atoms with Crippen molar-refractivity contribution in [1.82, 2.24) is 10.2 Å². The number of hydrogen-bond donors (Lipinski definition) is 1. The molecule has 0 radical (unpaired) electrons. The van der Waals surface area contributed by atoms with Gasteiger partial charge in [-0.05, 0) is 45.7 Å². The van der Waals surface area contributed by atoms with Gasteiger partial charge in [0.05, 0.1) is 14.2 Å². The number of nitrogens with zero attached hydrogens (tertiary/aromatic N) is 1. The number of esters is 1. The van der Waals surface area contributed by atoms with Gasteiger partial charge in [-0.25, -0.2) is 4.79 Å². The lowest BCUT2D eigenvalue weighted by Gasteiger charge is -2.31. The summed E-state index contributed by atoms with van der Waals surface area (Å²) in [5, 5.41) is 2.68. The van der Waals surface area contributed by atoms with E-state index in [1.807, 2.05) is 27.7 Å². The van der Waals surface area contributed by atoms with Crippen molar-refractivity contribution in [2.24, 2.45) is 5.92 Å². The van der Waals surface area contributed by atoms with Crippen LogP contribution in [0.15, 0.2) is 18.2 Å². The first-order valence-corrected chi connectivity index (χ1v) is 10.0. The van der Waals surface area contributed by atoms with Crippen LogP contribution in [-0.4, -0.2) is 61.6 Å². The largest absolute Gasteiger partial charge is 0.497 e. The molecule has 0 aromatic heterocycles. The van der Waals surface area contributed by atoms with Crippen LogP contribution in [0.2, 0.25) is 0 Å². The van der Waals surface area contributed by atoms with Gasteiger partial charge in [-0.2, -0.15) is 0 Å². The van der Waals surface area contributed by atoms with Gasteiger partial charge in [0.2, 0.25) is 0 Å². The van der Waals surface area contributed by atoms with E-state index in [0.29, 0.717) is 11.5 Å². The van der Waals surface area contributed by atoms with E-state index in [2.05, 4.69) is 5.32 Å². The lowest BCUT2D eigenvalue weighted by atomic mass is 10.0. The van der Waals surface area contributed by atoms with Crippen molar-refractivity contribution in [3.63, 3.8) is 0 Å². The summed E-state index contributed by atoms with van der Waals surface area (Å²) in [6, 6.07) is 3.81. The van der Waals surface area contributed by atoms with E-state index in [1.54, 1.807) is 36.9 Å². The maximum absolute atomic E-state index is 12.7. The molecule has 0 saturated heterocycles. The average Bonchev–Trinajstić information content (AvgIpc) is 2.68. The van der Waals surface area contributed by atoms with Crippen LogP contribution in [0.4, 0.5) is 0 Å². The molecule has 8 heteroatoms. The number of methoxy groups -OCH3 is 2. The SMILES string of the molecule is COc1cc(OC)cc(C(=O)NC(C(=O)OCC(=O)N(C(C)C)C(C)C)C(C)C)c1. The summed E-state index contributed by atoms with van der Waals surface area (Å²) in [7, 11) is 2.97. The molecule has 168 valence electrons. The van der Waals surface area contributed by atoms with E-state index in [4.69, 9.17) is 14.2 Å². The second-order valence-corrected chi connectivity index (χ2v) is 7.89. The smallest absolute Gasteiger partial charge is 0.329 e. The molecule has 1 rings (SSSR count). The Morgan fingerprint density at radius 2 is 1.40 bits per heavy atom. The molecule has 0 fully saturated rings. The average molecular weight is 423 g/mol. The lowest BCUT2D eigenvalue weighted by molar-refractivity contribution is -0.155. The van der Waals surface area contributed by atoms with Crippen LogP contribution in [0.25, 0.3) is 0 Å². The normalized spacial score (nSPS) is 12.0. The summed E-state index contributed by atoms with van der Waals surface area (Å²) < 4.78 is 15.6. The van der Waals surface area contributed by atoms with Crippen molar-refractivity contribution in [2.75, 3.05) is 20.8 Å². The second-order valence-electron chi connectivity index (χ2n) is 7.89. The summed E-state index contributed by atoms with van der Waals surface area (Å²) in [5.74, 6) is -0.739. The van der Waals surface area contributed by atoms with E-state index in [9.17, 15) is 14.4 Å². The van der Waals surface area contributed by atoms with Gasteiger partial charge in [0, 0.05) is 23.7 Å². The van der Waals surface area contributed by atoms with E-state index in [1.165, 1.54) is 14.2 Å². The molecule has 0 aliphatic rings. The van der Waals surface area contributed by atoms with Crippen LogP contribution in [0, 0.1) is 5.92 Å². The summed E-state index contributed by atoms with van der Waals surface area (Å²) in [5.41, 5.74) is 0.284. The van der Waals surface area contributed by atoms with Crippen molar-refractivity contribution in [3.8, 4) is 11.5 Å². The minimum Gasteiger partial charge on any atom is -0.497 e. The Bertz CT molecular complexity index is 715. The molecule has 0 bridgehead atoms. The molecule has 0 spiro atoms. The van der Waals surface area contributed by atoms with Crippen molar-refractivity contribution in [3.05, 3.63) is 23.8 Å². The number of hydrogen-bond acceptors (Lipinski definition) is 6. The van der Waals surface area contributed by atoms with Crippen LogP contribution in [0.5, 0.6) is 11.5 Å². The molecular formula is C22H34N2O6. The molecule has 0 heterocycles. The Morgan fingerprint density at radius 1 is 0.900 bits per heavy atom. The third-order valence-corrected chi connectivity index (χ3v) is 4.56. The van der Waals surface area contributed by atoms with Gasteiger partial charge in [0.15, 0.2) is 6.61 Å². The number of carbonyl (C=O) groups excluding carboxylic acids is 3. The molecule has 1 unspecified atom stereocenters. The molecule has 1 aromatic carbocycles. The molecule has 30 heavy (non-hydrogen) atoms. The van der Waals surface area contributed by atoms with Crippen molar-refractivity contribution in [2.45, 2.75) is 59.7 Å². The van der Waals surface area contributed by atoms with Crippen LogP contribution in [-0.2, 0) is 14.3 Å². The fourth-order valence-corrected chi connectivity index (χ4v) is 3.13. The molecule has 1 aromatic rings. The predicted molar refractivity (Wildman–Crippen MR) is 114 cm³/mol. The zero-order valence-corrected chi connectivity index (χ0v) is 19.1. The Balaban J connectivity index is 2.88. The highest BCUT2D eigenvalue weighted by Crippen LogP contribution is 2.22. The number of carbonyl (C=O) groups is 3. The molecule has 0 aliphatic heterocycles. The number of rotatable bonds is 10. The minimum absolute atomic E-state index is 0.0140. The van der Waals surface area contributed by atoms with Gasteiger partial charge in [-0.15, -0.1) is 0 Å². The summed E-state index contributed by atoms with van der Waals surface area (Å²) in [6.07, 6.45) is 0. The van der Waals surface area contributed by atoms with E-state index >= 15 is 0 Å². The number of nitrogens with one attached hydrogen (secondary N) is 1. The standard InChI is InChI=1S/C22H34N2O6/c1-13(2)20(22(27)30-12-19(25)24(14(3)4)15(5)6)23-21(26)16-9-17(28-7)11-18(10-16)29-8/h9-11,13-15,20H,12H2,1-8H3,(H,23,26). The zero-order valence-electron chi connectivity index (χ0n) is 19.1. The summed E-state index contributed by atoms with van der Waals surface area (Å²) >= 11 is 0. The van der Waals surface area contributed by atoms with Crippen LogP contribution >= 0.6 is 0 Å². The first-order valence-electron chi connectivity index (χ1n) is 10.0. The molecule has 1 N–H and O–H groups in total. The first kappa shape index (κ1) is 25.3. The Labute approximate surface area is 178 Å². The van der Waals surface area contributed by atoms with Crippen LogP contribution in [0.3, 0.4) is 0 Å². The monoisotopic (exact) mass is 422 g/mol. The van der Waals surface area contributed by atoms with Crippen molar-refractivity contribution in [1.29, 1.82) is 0 Å². The lowest BCUT2D eigenvalue weighted by Crippen LogP contribution is -2.48. The number of ether oxygens (including phenoxy) is 3. The maximum Gasteiger partial charge on any atom is 0.329 e. The van der Waals surface area contributed by atoms with Crippen molar-refractivity contribution >= 4 is 17.8 Å². The fraction of sp³-hybridized carbons (Fsp3) is 0.591. The molecule has 2 amide bonds. The van der Waals surface area contributed by atoms with Gasteiger partial charge in [0.25, 0.3) is 11.8 Å². The highest BCUT2D eigenvalue weighted by atomic mass is 16.5. The second kappa shape index (κ2) is 11.4. The van der Waals surface area contributed by atoms with E-state index in [0.717, 1.165) is 0 Å². The molecular weight excluding hydrogens is 388 g/mol. The van der Waals surface area contributed by atoms with Gasteiger partial charge in [0.1, 0.15) is 17.5 Å². The zero-order chi connectivity index (χ0) is 23.0. The third-order valence-electron chi connectivity index (χ3n) is 4.56. The summed E-state index contributed by atoms with van der Waals surface area (Å²) in [4.78, 5) is 39.4. The van der Waals surface area contributed by atoms with E-state index < -0.39 is 17.9 Å². The van der Waals surface area contributed by atoms with Gasteiger partial charge in [-0.3, -0.25) is 9.59 Å². The number of amides is 2. The number of benzene rings is 1. The van der Waals surface area contributed by atoms with E-state index in [-0.39, 0.29) is 36.1 Å². The van der Waals surface area contributed by atoms with Crippen molar-refractivity contribution < 1.29 is 28.6 Å². The summed E-state index contributed by atoms with van der Waals surface area (Å²) in [6.45, 7) is 10.8. The highest BCUT2D eigenvalue weighted by Gasteiger charge is 2.28. The van der Waals surface area contributed by atoms with Gasteiger partial charge >= 0.3 is 5.97 Å². The Kier molecular flexibility index (Phi) is 9.62. The minimum atomic E-state index is -0.908. The third kappa shape index (κ3) is 6.93. The van der Waals surface area contributed by atoms with Crippen LogP contribution < -0.4 is 14.8 Å². The topological polar surface area (TPSA) is 94.2 Å². The maximum atomic E-state index is 12.7. The molecule has 0 saturated carbocycles. The Hall–Kier alpha value is -2.77. The van der Waals surface area contributed by atoms with Gasteiger partial charge in [-0.1, -0.05) is 13.8 Å². The first-order chi connectivity index (χ1) is 14.0. The highest BCUT2D eigenvalue weighted by molar-refractivity contribution is 5.97. The molecule has 8 nitrogen and oxygen atoms in total.